The van der Waals surface area contributed by atoms with Gasteiger partial charge in [-0.1, -0.05) is 6.92 Å². The number of rotatable bonds is 7. The fourth-order valence-electron chi connectivity index (χ4n) is 2.07. The summed E-state index contributed by atoms with van der Waals surface area (Å²) in [5, 5.41) is 30.7. The molecule has 1 heterocycles. The van der Waals surface area contributed by atoms with Crippen LogP contribution in [0.25, 0.3) is 0 Å². The zero-order chi connectivity index (χ0) is 17.0. The van der Waals surface area contributed by atoms with Crippen LogP contribution in [0.2, 0.25) is 0 Å². The Labute approximate surface area is 136 Å². The molecule has 1 aromatic heterocycles. The van der Waals surface area contributed by atoms with Crippen molar-refractivity contribution < 1.29 is 9.85 Å². The molecule has 2 aromatic rings. The summed E-state index contributed by atoms with van der Waals surface area (Å²) in [6, 6.07) is 3.58. The van der Waals surface area contributed by atoms with Gasteiger partial charge in [0.2, 0.25) is 0 Å². The Bertz CT molecular complexity index is 746. The van der Waals surface area contributed by atoms with Crippen LogP contribution in [0.15, 0.2) is 28.3 Å². The van der Waals surface area contributed by atoms with E-state index in [9.17, 15) is 20.2 Å². The molecule has 0 bridgehead atoms. The number of nitro groups is 2. The van der Waals surface area contributed by atoms with Gasteiger partial charge in [0.25, 0.3) is 11.4 Å². The second-order valence-corrected chi connectivity index (χ2v) is 5.67. The Balaban J connectivity index is 2.40. The van der Waals surface area contributed by atoms with Crippen molar-refractivity contribution >= 4 is 23.1 Å². The van der Waals surface area contributed by atoms with Crippen LogP contribution in [0.1, 0.15) is 26.1 Å². The summed E-state index contributed by atoms with van der Waals surface area (Å²) in [5.41, 5.74) is -0.628. The number of hydrogen-bond donors (Lipinski definition) is 0. The van der Waals surface area contributed by atoms with Gasteiger partial charge in [-0.3, -0.25) is 20.2 Å². The third-order valence-corrected chi connectivity index (χ3v) is 4.18. The highest BCUT2D eigenvalue weighted by Gasteiger charge is 2.22. The standard InChI is InChI=1S/C13H15N5O4S/c1-3-5-12-14-15-13(16(12)4-2)23-11-7-6-9(17(19)20)8-10(11)18(21)22/h6-8H,3-5H2,1-2H3. The number of aromatic nitrogens is 3. The number of hydrogen-bond acceptors (Lipinski definition) is 7. The minimum atomic E-state index is -0.657. The first-order valence-corrected chi connectivity index (χ1v) is 7.82. The van der Waals surface area contributed by atoms with Gasteiger partial charge in [-0.25, -0.2) is 0 Å². The van der Waals surface area contributed by atoms with Crippen molar-refractivity contribution in [2.75, 3.05) is 0 Å². The van der Waals surface area contributed by atoms with Crippen LogP contribution in [-0.2, 0) is 13.0 Å². The summed E-state index contributed by atoms with van der Waals surface area (Å²) in [6.07, 6.45) is 1.68. The smallest absolute Gasteiger partial charge is 0.290 e. The van der Waals surface area contributed by atoms with E-state index in [0.717, 1.165) is 36.5 Å². The molecule has 0 saturated heterocycles. The van der Waals surface area contributed by atoms with Crippen LogP contribution >= 0.6 is 11.8 Å². The molecular weight excluding hydrogens is 322 g/mol. The average molecular weight is 337 g/mol. The molecule has 0 amide bonds. The molecule has 9 nitrogen and oxygen atoms in total. The first-order chi connectivity index (χ1) is 11.0. The predicted molar refractivity (Wildman–Crippen MR) is 83.6 cm³/mol. The van der Waals surface area contributed by atoms with Crippen LogP contribution in [0.5, 0.6) is 0 Å². The second kappa shape index (κ2) is 7.18. The lowest BCUT2D eigenvalue weighted by Crippen LogP contribution is -2.03. The highest BCUT2D eigenvalue weighted by atomic mass is 32.2. The van der Waals surface area contributed by atoms with Crippen LogP contribution < -0.4 is 0 Å². The third-order valence-electron chi connectivity index (χ3n) is 3.13. The first-order valence-electron chi connectivity index (χ1n) is 7.00. The summed E-state index contributed by atoms with van der Waals surface area (Å²) >= 11 is 1.09. The molecule has 10 heteroatoms. The van der Waals surface area contributed by atoms with Gasteiger partial charge in [0, 0.05) is 19.0 Å². The Morgan fingerprint density at radius 2 is 1.91 bits per heavy atom. The monoisotopic (exact) mass is 337 g/mol. The van der Waals surface area contributed by atoms with Gasteiger partial charge in [0.1, 0.15) is 5.82 Å². The van der Waals surface area contributed by atoms with E-state index >= 15 is 0 Å². The maximum atomic E-state index is 11.2. The molecule has 0 spiro atoms. The van der Waals surface area contributed by atoms with E-state index in [0.29, 0.717) is 16.6 Å². The maximum absolute atomic E-state index is 11.2. The van der Waals surface area contributed by atoms with Crippen molar-refractivity contribution in [3.63, 3.8) is 0 Å². The Morgan fingerprint density at radius 1 is 1.17 bits per heavy atom. The summed E-state index contributed by atoms with van der Waals surface area (Å²) in [6.45, 7) is 4.62. The van der Waals surface area contributed by atoms with Crippen LogP contribution in [0, 0.1) is 20.2 Å². The Kier molecular flexibility index (Phi) is 5.27. The molecule has 0 radical (unpaired) electrons. The number of nitrogens with zero attached hydrogens (tertiary/aromatic N) is 5. The number of nitro benzene ring substituents is 2. The molecule has 0 aliphatic heterocycles. The van der Waals surface area contributed by atoms with Gasteiger partial charge >= 0.3 is 0 Å². The normalized spacial score (nSPS) is 10.7. The number of aryl methyl sites for hydroxylation is 1. The Morgan fingerprint density at radius 3 is 2.48 bits per heavy atom. The first kappa shape index (κ1) is 16.9. The maximum Gasteiger partial charge on any atom is 0.290 e. The largest absolute Gasteiger partial charge is 0.306 e. The van der Waals surface area contributed by atoms with E-state index < -0.39 is 9.85 Å². The summed E-state index contributed by atoms with van der Waals surface area (Å²) < 4.78 is 1.89. The molecule has 2 rings (SSSR count). The van der Waals surface area contributed by atoms with Crippen LogP contribution in [-0.4, -0.2) is 24.6 Å². The van der Waals surface area contributed by atoms with Gasteiger partial charge < -0.3 is 4.57 Å². The van der Waals surface area contributed by atoms with Gasteiger partial charge in [-0.05, 0) is 31.2 Å². The minimum absolute atomic E-state index is 0.297. The highest BCUT2D eigenvalue weighted by molar-refractivity contribution is 7.99. The van der Waals surface area contributed by atoms with Gasteiger partial charge in [-0.2, -0.15) is 0 Å². The van der Waals surface area contributed by atoms with Crippen molar-refractivity contribution in [1.82, 2.24) is 14.8 Å². The van der Waals surface area contributed by atoms with Crippen molar-refractivity contribution in [3.05, 3.63) is 44.3 Å². The third kappa shape index (κ3) is 3.65. The summed E-state index contributed by atoms with van der Waals surface area (Å²) in [7, 11) is 0. The Hall–Kier alpha value is -2.49. The molecule has 0 fully saturated rings. The lowest BCUT2D eigenvalue weighted by Gasteiger charge is -2.06. The van der Waals surface area contributed by atoms with Crippen molar-refractivity contribution in [3.8, 4) is 0 Å². The molecule has 0 unspecified atom stereocenters. The molecule has 0 saturated carbocycles. The second-order valence-electron chi connectivity index (χ2n) is 4.66. The highest BCUT2D eigenvalue weighted by Crippen LogP contribution is 2.36. The molecule has 0 N–H and O–H groups in total. The summed E-state index contributed by atoms with van der Waals surface area (Å²) in [5.74, 6) is 0.821. The van der Waals surface area contributed by atoms with Gasteiger partial charge in [0.15, 0.2) is 5.16 Å². The lowest BCUT2D eigenvalue weighted by molar-refractivity contribution is -0.396. The molecular formula is C13H15N5O4S. The molecule has 0 aliphatic rings. The van der Waals surface area contributed by atoms with Gasteiger partial charge in [-0.15, -0.1) is 10.2 Å². The van der Waals surface area contributed by atoms with E-state index in [1.807, 2.05) is 18.4 Å². The predicted octanol–water partition coefficient (Wildman–Crippen LogP) is 3.22. The zero-order valence-electron chi connectivity index (χ0n) is 12.6. The molecule has 23 heavy (non-hydrogen) atoms. The average Bonchev–Trinajstić information content (AvgIpc) is 2.89. The molecule has 0 aliphatic carbocycles. The fraction of sp³-hybridized carbons (Fsp3) is 0.385. The van der Waals surface area contributed by atoms with E-state index in [1.54, 1.807) is 0 Å². The quantitative estimate of drug-likeness (QED) is 0.562. The van der Waals surface area contributed by atoms with Crippen LogP contribution in [0.3, 0.4) is 0 Å². The molecule has 122 valence electrons. The van der Waals surface area contributed by atoms with Crippen LogP contribution in [0.4, 0.5) is 11.4 Å². The summed E-state index contributed by atoms with van der Waals surface area (Å²) in [4.78, 5) is 21.0. The van der Waals surface area contributed by atoms with Crippen molar-refractivity contribution in [1.29, 1.82) is 0 Å². The van der Waals surface area contributed by atoms with E-state index in [-0.39, 0.29) is 11.4 Å². The van der Waals surface area contributed by atoms with Crippen molar-refractivity contribution in [2.24, 2.45) is 0 Å². The SMILES string of the molecule is CCCc1nnc(Sc2ccc([N+](=O)[O-])cc2[N+](=O)[O-])n1CC. The topological polar surface area (TPSA) is 117 Å². The zero-order valence-corrected chi connectivity index (χ0v) is 13.4. The molecule has 0 atom stereocenters. The lowest BCUT2D eigenvalue weighted by atomic mass is 10.3. The van der Waals surface area contributed by atoms with Crippen molar-refractivity contribution in [2.45, 2.75) is 43.3 Å². The van der Waals surface area contributed by atoms with Gasteiger partial charge in [0.05, 0.1) is 20.8 Å². The number of benzene rings is 1. The molecule has 1 aromatic carbocycles. The number of non-ortho nitro benzene ring substituents is 1. The fourth-order valence-corrected chi connectivity index (χ4v) is 3.06. The minimum Gasteiger partial charge on any atom is -0.306 e. The van der Waals surface area contributed by atoms with E-state index in [2.05, 4.69) is 10.2 Å². The van der Waals surface area contributed by atoms with E-state index in [4.69, 9.17) is 0 Å². The van der Waals surface area contributed by atoms with E-state index in [1.165, 1.54) is 12.1 Å².